The van der Waals surface area contributed by atoms with Gasteiger partial charge in [0.2, 0.25) is 0 Å². The molecule has 0 bridgehead atoms. The Labute approximate surface area is 210 Å². The summed E-state index contributed by atoms with van der Waals surface area (Å²) in [6.45, 7) is 0. The van der Waals surface area contributed by atoms with E-state index in [1.54, 1.807) is 49.6 Å². The van der Waals surface area contributed by atoms with Crippen LogP contribution in [0.2, 0.25) is 0 Å². The summed E-state index contributed by atoms with van der Waals surface area (Å²) in [7, 11) is 1.56. The smallest absolute Gasteiger partial charge is 0.259 e. The van der Waals surface area contributed by atoms with Gasteiger partial charge in [0.15, 0.2) is 17.4 Å². The number of carbonyl (C=O) groups is 1. The zero-order chi connectivity index (χ0) is 25.8. The third-order valence-corrected chi connectivity index (χ3v) is 5.53. The van der Waals surface area contributed by atoms with Crippen molar-refractivity contribution in [2.45, 2.75) is 0 Å². The van der Waals surface area contributed by atoms with E-state index >= 15 is 0 Å². The van der Waals surface area contributed by atoms with E-state index in [9.17, 15) is 9.90 Å². The number of fused-ring (bicyclic) bond motifs is 1. The minimum absolute atomic E-state index is 0.0261. The van der Waals surface area contributed by atoms with Crippen molar-refractivity contribution in [1.82, 2.24) is 19.7 Å². The first kappa shape index (κ1) is 23.3. The molecule has 0 aliphatic carbocycles. The van der Waals surface area contributed by atoms with Crippen molar-refractivity contribution >= 4 is 40.1 Å². The Morgan fingerprint density at radius 3 is 2.65 bits per heavy atom. The zero-order valence-corrected chi connectivity index (χ0v) is 19.5. The third-order valence-electron chi connectivity index (χ3n) is 5.53. The van der Waals surface area contributed by atoms with Crippen molar-refractivity contribution in [2.24, 2.45) is 10.2 Å². The predicted octanol–water partition coefficient (Wildman–Crippen LogP) is 5.20. The first-order valence-corrected chi connectivity index (χ1v) is 11.1. The second-order valence-corrected chi connectivity index (χ2v) is 7.77. The first-order valence-electron chi connectivity index (χ1n) is 11.1. The largest absolute Gasteiger partial charge is 0.505 e. The highest BCUT2D eigenvalue weighted by atomic mass is 16.5. The lowest BCUT2D eigenvalue weighted by molar-refractivity contribution is 0.102. The van der Waals surface area contributed by atoms with Crippen LogP contribution in [0.15, 0.2) is 89.6 Å². The van der Waals surface area contributed by atoms with Crippen LogP contribution in [0, 0.1) is 5.41 Å². The van der Waals surface area contributed by atoms with E-state index in [1.807, 2.05) is 12.1 Å². The molecule has 11 heteroatoms. The number of ether oxygens (including phenoxy) is 1. The second kappa shape index (κ2) is 10.0. The number of carbonyl (C=O) groups excluding carboxylic acids is 1. The number of hydrogen-bond acceptors (Lipinski definition) is 9. The third kappa shape index (κ3) is 4.60. The van der Waals surface area contributed by atoms with Crippen LogP contribution in [-0.4, -0.2) is 44.1 Å². The van der Waals surface area contributed by atoms with Gasteiger partial charge < -0.3 is 20.6 Å². The summed E-state index contributed by atoms with van der Waals surface area (Å²) >= 11 is 0. The van der Waals surface area contributed by atoms with Gasteiger partial charge in [0, 0.05) is 29.7 Å². The molecule has 3 N–H and O–H groups in total. The van der Waals surface area contributed by atoms with Crippen molar-refractivity contribution < 1.29 is 14.6 Å². The average molecular weight is 492 g/mol. The van der Waals surface area contributed by atoms with Crippen LogP contribution in [0.1, 0.15) is 15.9 Å². The van der Waals surface area contributed by atoms with Gasteiger partial charge in [0.05, 0.1) is 30.6 Å². The molecule has 182 valence electrons. The summed E-state index contributed by atoms with van der Waals surface area (Å²) in [6.07, 6.45) is 7.07. The molecule has 3 aromatic carbocycles. The number of nitrogens with zero attached hydrogens (tertiary/aromatic N) is 6. The number of rotatable bonds is 7. The van der Waals surface area contributed by atoms with Gasteiger partial charge in [-0.3, -0.25) is 9.78 Å². The fourth-order valence-electron chi connectivity index (χ4n) is 3.69. The molecule has 2 aromatic heterocycles. The first-order chi connectivity index (χ1) is 18.1. The van der Waals surface area contributed by atoms with Crippen LogP contribution in [-0.2, 0) is 0 Å². The van der Waals surface area contributed by atoms with Gasteiger partial charge in [0.25, 0.3) is 5.91 Å². The van der Waals surface area contributed by atoms with Gasteiger partial charge in [0.1, 0.15) is 11.4 Å². The van der Waals surface area contributed by atoms with E-state index in [0.717, 1.165) is 6.21 Å². The van der Waals surface area contributed by atoms with Crippen molar-refractivity contribution in [3.8, 4) is 17.3 Å². The summed E-state index contributed by atoms with van der Waals surface area (Å²) < 4.78 is 6.53. The monoisotopic (exact) mass is 492 g/mol. The van der Waals surface area contributed by atoms with Crippen LogP contribution in [0.5, 0.6) is 11.5 Å². The molecular formula is C26H20N8O3. The lowest BCUT2D eigenvalue weighted by Gasteiger charge is -2.11. The maximum Gasteiger partial charge on any atom is 0.259 e. The number of aromatic nitrogens is 4. The number of hydrogen-bond donors (Lipinski definition) is 3. The minimum atomic E-state index is -0.519. The number of amides is 1. The highest BCUT2D eigenvalue weighted by Gasteiger charge is 2.19. The number of aromatic hydroxyl groups is 1. The molecule has 0 fully saturated rings. The molecule has 37 heavy (non-hydrogen) atoms. The molecule has 0 saturated heterocycles. The molecule has 5 aromatic rings. The summed E-state index contributed by atoms with van der Waals surface area (Å²) in [4.78, 5) is 21.4. The SMILES string of the molecule is COc1ccc(NC(=O)c2cc3ccccc3c(/N=N/c3c(C=N)cnn3-c3cnccn3)c2O)cc1. The Hall–Kier alpha value is -5.45. The van der Waals surface area contributed by atoms with E-state index in [4.69, 9.17) is 10.1 Å². The van der Waals surface area contributed by atoms with Gasteiger partial charge in [-0.2, -0.15) is 9.78 Å². The van der Waals surface area contributed by atoms with E-state index in [2.05, 4.69) is 30.6 Å². The van der Waals surface area contributed by atoms with Crippen molar-refractivity contribution in [3.05, 3.63) is 90.5 Å². The number of anilines is 1. The number of phenolic OH excluding ortho intramolecular Hbond substituents is 1. The molecule has 0 saturated carbocycles. The molecule has 0 aliphatic rings. The molecule has 11 nitrogen and oxygen atoms in total. The normalized spacial score (nSPS) is 11.1. The lowest BCUT2D eigenvalue weighted by Crippen LogP contribution is -2.12. The Balaban J connectivity index is 1.57. The summed E-state index contributed by atoms with van der Waals surface area (Å²) in [6, 6.07) is 15.6. The van der Waals surface area contributed by atoms with E-state index in [-0.39, 0.29) is 22.8 Å². The Bertz CT molecular complexity index is 1630. The number of methoxy groups -OCH3 is 1. The van der Waals surface area contributed by atoms with Gasteiger partial charge >= 0.3 is 0 Å². The summed E-state index contributed by atoms with van der Waals surface area (Å²) in [5.74, 6) is 0.391. The number of phenols is 1. The number of nitrogens with one attached hydrogen (secondary N) is 2. The zero-order valence-electron chi connectivity index (χ0n) is 19.5. The van der Waals surface area contributed by atoms with Crippen molar-refractivity contribution in [2.75, 3.05) is 12.4 Å². The quantitative estimate of drug-likeness (QED) is 0.210. The van der Waals surface area contributed by atoms with Crippen molar-refractivity contribution in [1.29, 1.82) is 5.41 Å². The predicted molar refractivity (Wildman–Crippen MR) is 138 cm³/mol. The fourth-order valence-corrected chi connectivity index (χ4v) is 3.69. The number of benzene rings is 3. The standard InChI is InChI=1S/C26H20N8O3/c1-37-19-8-6-18(7-9-19)31-26(36)21-12-16-4-2-3-5-20(16)23(24(21)35)32-33-25-17(13-27)14-30-34(25)22-15-28-10-11-29-22/h2-15,27,35H,1H3,(H,31,36)/b27-13?,33-32+. The minimum Gasteiger partial charge on any atom is -0.505 e. The second-order valence-electron chi connectivity index (χ2n) is 7.77. The number of azo groups is 1. The van der Waals surface area contributed by atoms with Gasteiger partial charge in [-0.05, 0) is 35.7 Å². The van der Waals surface area contributed by atoms with E-state index < -0.39 is 5.91 Å². The Kier molecular flexibility index (Phi) is 6.32. The summed E-state index contributed by atoms with van der Waals surface area (Å²) in [5, 5.41) is 35.7. The van der Waals surface area contributed by atoms with E-state index in [0.29, 0.717) is 33.6 Å². The van der Waals surface area contributed by atoms with Gasteiger partial charge in [-0.1, -0.05) is 24.3 Å². The van der Waals surface area contributed by atoms with E-state index in [1.165, 1.54) is 29.5 Å². The molecular weight excluding hydrogens is 472 g/mol. The lowest BCUT2D eigenvalue weighted by atomic mass is 10.0. The molecule has 0 aliphatic heterocycles. The molecule has 0 spiro atoms. The Morgan fingerprint density at radius 2 is 1.92 bits per heavy atom. The van der Waals surface area contributed by atoms with Crippen LogP contribution in [0.25, 0.3) is 16.6 Å². The highest BCUT2D eigenvalue weighted by molar-refractivity contribution is 6.11. The van der Waals surface area contributed by atoms with Crippen LogP contribution < -0.4 is 10.1 Å². The molecule has 0 unspecified atom stereocenters. The fraction of sp³-hybridized carbons (Fsp3) is 0.0385. The van der Waals surface area contributed by atoms with Crippen LogP contribution in [0.4, 0.5) is 17.2 Å². The van der Waals surface area contributed by atoms with Crippen LogP contribution >= 0.6 is 0 Å². The van der Waals surface area contributed by atoms with Crippen molar-refractivity contribution in [3.63, 3.8) is 0 Å². The molecule has 1 amide bonds. The maximum absolute atomic E-state index is 13.1. The molecule has 0 atom stereocenters. The highest BCUT2D eigenvalue weighted by Crippen LogP contribution is 2.40. The average Bonchev–Trinajstić information content (AvgIpc) is 3.36. The van der Waals surface area contributed by atoms with Gasteiger partial charge in [-0.25, -0.2) is 4.98 Å². The summed E-state index contributed by atoms with van der Waals surface area (Å²) in [5.41, 5.74) is 1.04. The molecule has 0 radical (unpaired) electrons. The topological polar surface area (TPSA) is 151 Å². The van der Waals surface area contributed by atoms with Crippen LogP contribution in [0.3, 0.4) is 0 Å². The van der Waals surface area contributed by atoms with Gasteiger partial charge in [-0.15, -0.1) is 10.2 Å². The molecule has 2 heterocycles. The Morgan fingerprint density at radius 1 is 1.11 bits per heavy atom. The molecule has 5 rings (SSSR count). The maximum atomic E-state index is 13.1.